The lowest BCUT2D eigenvalue weighted by Crippen LogP contribution is -2.29. The molecule has 1 aliphatic rings. The number of benzene rings is 2. The number of methoxy groups -OCH3 is 1. The van der Waals surface area contributed by atoms with E-state index < -0.39 is 0 Å². The molecular weight excluding hydrogens is 324 g/mol. The molecule has 1 N–H and O–H groups in total. The van der Waals surface area contributed by atoms with Gasteiger partial charge in [0.1, 0.15) is 17.3 Å². The summed E-state index contributed by atoms with van der Waals surface area (Å²) in [5.74, 6) is 2.38. The van der Waals surface area contributed by atoms with E-state index in [1.54, 1.807) is 7.11 Å². The van der Waals surface area contributed by atoms with E-state index in [9.17, 15) is 0 Å². The number of nitrogens with one attached hydrogen (secondary N) is 1. The average Bonchev–Trinajstić information content (AvgIpc) is 2.97. The first-order chi connectivity index (χ1) is 11.6. The zero-order valence-corrected chi connectivity index (χ0v) is 14.8. The minimum absolute atomic E-state index is 0.0499. The summed E-state index contributed by atoms with van der Waals surface area (Å²) in [5.41, 5.74) is 2.09. The maximum absolute atomic E-state index is 5.98. The molecule has 2 atom stereocenters. The molecule has 126 valence electrons. The summed E-state index contributed by atoms with van der Waals surface area (Å²) < 4.78 is 11.1. The fourth-order valence-electron chi connectivity index (χ4n) is 2.85. The molecule has 0 saturated carbocycles. The molecule has 2 aromatic carbocycles. The maximum Gasteiger partial charge on any atom is 0.133 e. The Balaban J connectivity index is 1.95. The quantitative estimate of drug-likeness (QED) is 0.882. The minimum atomic E-state index is 0.0499. The Morgan fingerprint density at radius 3 is 2.58 bits per heavy atom. The van der Waals surface area contributed by atoms with Crippen molar-refractivity contribution in [1.29, 1.82) is 0 Å². The number of rotatable bonds is 5. The monoisotopic (exact) mass is 344 g/mol. The molecule has 5 heteroatoms. The summed E-state index contributed by atoms with van der Waals surface area (Å²) >= 11 is 5.98. The third-order valence-corrected chi connectivity index (χ3v) is 4.31. The average molecular weight is 345 g/mol. The normalized spacial score (nSPS) is 19.6. The van der Waals surface area contributed by atoms with Crippen molar-refractivity contribution in [3.05, 3.63) is 58.6 Å². The number of halogens is 1. The largest absolute Gasteiger partial charge is 0.497 e. The van der Waals surface area contributed by atoms with Crippen molar-refractivity contribution >= 4 is 17.4 Å². The third-order valence-electron chi connectivity index (χ3n) is 4.06. The fourth-order valence-corrected chi connectivity index (χ4v) is 2.98. The molecule has 0 unspecified atom stereocenters. The van der Waals surface area contributed by atoms with Gasteiger partial charge in [-0.25, -0.2) is 0 Å². The SMILES string of the molecule is CCOc1cc(OC)ccc1C1=N[C@@H](c2ccc(Cl)cc2)[C@@H](C)N1. The van der Waals surface area contributed by atoms with Gasteiger partial charge < -0.3 is 14.8 Å². The predicted molar refractivity (Wildman–Crippen MR) is 97.5 cm³/mol. The van der Waals surface area contributed by atoms with Crippen molar-refractivity contribution in [3.8, 4) is 11.5 Å². The Bertz CT molecular complexity index is 744. The van der Waals surface area contributed by atoms with E-state index >= 15 is 0 Å². The van der Waals surface area contributed by atoms with Crippen molar-refractivity contribution in [3.63, 3.8) is 0 Å². The third kappa shape index (κ3) is 3.34. The zero-order chi connectivity index (χ0) is 17.1. The van der Waals surface area contributed by atoms with Crippen LogP contribution < -0.4 is 14.8 Å². The van der Waals surface area contributed by atoms with Crippen LogP contribution in [-0.2, 0) is 0 Å². The van der Waals surface area contributed by atoms with Gasteiger partial charge in [-0.15, -0.1) is 0 Å². The first-order valence-corrected chi connectivity index (χ1v) is 8.41. The van der Waals surface area contributed by atoms with Crippen LogP contribution in [0.25, 0.3) is 0 Å². The summed E-state index contributed by atoms with van der Waals surface area (Å²) in [6.07, 6.45) is 0. The van der Waals surface area contributed by atoms with Gasteiger partial charge in [0.25, 0.3) is 0 Å². The molecule has 0 spiro atoms. The molecule has 3 rings (SSSR count). The lowest BCUT2D eigenvalue weighted by atomic mass is 10.0. The van der Waals surface area contributed by atoms with E-state index in [1.165, 1.54) is 0 Å². The lowest BCUT2D eigenvalue weighted by Gasteiger charge is -2.15. The van der Waals surface area contributed by atoms with E-state index in [1.807, 2.05) is 49.4 Å². The van der Waals surface area contributed by atoms with Crippen LogP contribution in [0.3, 0.4) is 0 Å². The first kappa shape index (κ1) is 16.7. The molecule has 1 aliphatic heterocycles. The number of hydrogen-bond acceptors (Lipinski definition) is 4. The molecule has 0 aliphatic carbocycles. The summed E-state index contributed by atoms with van der Waals surface area (Å²) in [7, 11) is 1.65. The highest BCUT2D eigenvalue weighted by Gasteiger charge is 2.28. The second-order valence-corrected chi connectivity index (χ2v) is 6.14. The molecule has 0 fully saturated rings. The highest BCUT2D eigenvalue weighted by atomic mass is 35.5. The van der Waals surface area contributed by atoms with Gasteiger partial charge in [-0.2, -0.15) is 0 Å². The van der Waals surface area contributed by atoms with Crippen molar-refractivity contribution in [2.45, 2.75) is 25.9 Å². The highest BCUT2D eigenvalue weighted by Crippen LogP contribution is 2.31. The fraction of sp³-hybridized carbons (Fsp3) is 0.316. The molecule has 2 aromatic rings. The van der Waals surface area contributed by atoms with Crippen molar-refractivity contribution < 1.29 is 9.47 Å². The zero-order valence-electron chi connectivity index (χ0n) is 14.0. The maximum atomic E-state index is 5.98. The molecule has 0 bridgehead atoms. The van der Waals surface area contributed by atoms with Crippen molar-refractivity contribution in [2.24, 2.45) is 4.99 Å². The highest BCUT2D eigenvalue weighted by molar-refractivity contribution is 6.30. The van der Waals surface area contributed by atoms with E-state index in [2.05, 4.69) is 12.2 Å². The molecule has 4 nitrogen and oxygen atoms in total. The minimum Gasteiger partial charge on any atom is -0.497 e. The number of ether oxygens (including phenoxy) is 2. The predicted octanol–water partition coefficient (Wildman–Crippen LogP) is 4.23. The van der Waals surface area contributed by atoms with Gasteiger partial charge in [0.15, 0.2) is 0 Å². The van der Waals surface area contributed by atoms with Gasteiger partial charge in [-0.3, -0.25) is 4.99 Å². The van der Waals surface area contributed by atoms with Crippen molar-refractivity contribution in [1.82, 2.24) is 5.32 Å². The number of hydrogen-bond donors (Lipinski definition) is 1. The molecule has 0 saturated heterocycles. The van der Waals surface area contributed by atoms with E-state index in [4.69, 9.17) is 26.1 Å². The molecule has 0 radical (unpaired) electrons. The van der Waals surface area contributed by atoms with Gasteiger partial charge in [0, 0.05) is 11.1 Å². The van der Waals surface area contributed by atoms with Crippen molar-refractivity contribution in [2.75, 3.05) is 13.7 Å². The van der Waals surface area contributed by atoms with Crippen LogP contribution in [0, 0.1) is 0 Å². The Labute approximate surface area is 147 Å². The molecule has 0 amide bonds. The molecule has 24 heavy (non-hydrogen) atoms. The van der Waals surface area contributed by atoms with Crippen LogP contribution in [0.4, 0.5) is 0 Å². The Morgan fingerprint density at radius 2 is 1.92 bits per heavy atom. The molecular formula is C19H21ClN2O2. The van der Waals surface area contributed by atoms with Crippen LogP contribution in [0.5, 0.6) is 11.5 Å². The summed E-state index contributed by atoms with van der Waals surface area (Å²) in [4.78, 5) is 4.88. The molecule has 0 aromatic heterocycles. The summed E-state index contributed by atoms with van der Waals surface area (Å²) in [5, 5.41) is 4.20. The first-order valence-electron chi connectivity index (χ1n) is 8.03. The van der Waals surface area contributed by atoms with Gasteiger partial charge in [0.2, 0.25) is 0 Å². The smallest absolute Gasteiger partial charge is 0.133 e. The van der Waals surface area contributed by atoms with E-state index in [0.717, 1.165) is 33.5 Å². The van der Waals surface area contributed by atoms with Crippen LogP contribution in [0.1, 0.15) is 31.0 Å². The Hall–Kier alpha value is -2.20. The summed E-state index contributed by atoms with van der Waals surface area (Å²) in [6.45, 7) is 4.68. The van der Waals surface area contributed by atoms with Crippen LogP contribution in [0.2, 0.25) is 5.02 Å². The second kappa shape index (κ2) is 7.14. The summed E-state index contributed by atoms with van der Waals surface area (Å²) in [6, 6.07) is 13.9. The van der Waals surface area contributed by atoms with E-state index in [0.29, 0.717) is 6.61 Å². The van der Waals surface area contributed by atoms with Gasteiger partial charge in [0.05, 0.1) is 31.4 Å². The van der Waals surface area contributed by atoms with E-state index in [-0.39, 0.29) is 12.1 Å². The van der Waals surface area contributed by atoms with Gasteiger partial charge >= 0.3 is 0 Å². The Kier molecular flexibility index (Phi) is 4.95. The van der Waals surface area contributed by atoms with Crippen LogP contribution >= 0.6 is 11.6 Å². The number of aliphatic imine (C=N–C) groups is 1. The van der Waals surface area contributed by atoms with Gasteiger partial charge in [-0.05, 0) is 43.7 Å². The Morgan fingerprint density at radius 1 is 1.17 bits per heavy atom. The lowest BCUT2D eigenvalue weighted by molar-refractivity contribution is 0.335. The van der Waals surface area contributed by atoms with Crippen LogP contribution in [-0.4, -0.2) is 25.6 Å². The van der Waals surface area contributed by atoms with Gasteiger partial charge in [-0.1, -0.05) is 23.7 Å². The topological polar surface area (TPSA) is 42.9 Å². The van der Waals surface area contributed by atoms with Crippen LogP contribution in [0.15, 0.2) is 47.5 Å². The molecule has 1 heterocycles. The number of amidine groups is 1. The second-order valence-electron chi connectivity index (χ2n) is 5.70. The number of nitrogens with zero attached hydrogens (tertiary/aromatic N) is 1. The standard InChI is InChI=1S/C19H21ClN2O2/c1-4-24-17-11-15(23-3)9-10-16(17)19-21-12(2)18(22-19)13-5-7-14(20)8-6-13/h5-12,18H,4H2,1-3H3,(H,21,22)/t12-,18-/m1/s1.